The maximum Gasteiger partial charge on any atom is 0.311 e. The van der Waals surface area contributed by atoms with E-state index in [0.29, 0.717) is 25.5 Å². The van der Waals surface area contributed by atoms with E-state index in [2.05, 4.69) is 19.7 Å². The summed E-state index contributed by atoms with van der Waals surface area (Å²) in [6, 6.07) is 11.4. The highest BCUT2D eigenvalue weighted by atomic mass is 16.6. The Balaban J connectivity index is 1.67. The lowest BCUT2D eigenvalue weighted by atomic mass is 10.2. The summed E-state index contributed by atoms with van der Waals surface area (Å²) in [6.45, 7) is 3.50. The van der Waals surface area contributed by atoms with Crippen LogP contribution >= 0.6 is 0 Å². The zero-order valence-corrected chi connectivity index (χ0v) is 13.7. The third-order valence-electron chi connectivity index (χ3n) is 4.27. The molecule has 4 rings (SSSR count). The maximum absolute atomic E-state index is 11.4. The number of fused-ring (bicyclic) bond motifs is 1. The standard InChI is InChI=1S/C17H16N6O2/c1-12-9-14(23(24)25)17(18-10-12)21-7-8-22-15(11-21)19-20-16(22)13-5-3-2-4-6-13/h2-6,9-10H,7-8,11H2,1H3. The molecule has 0 unspecified atom stereocenters. The fraction of sp³-hybridized carbons (Fsp3) is 0.235. The van der Waals surface area contributed by atoms with Gasteiger partial charge in [0.15, 0.2) is 11.6 Å². The summed E-state index contributed by atoms with van der Waals surface area (Å²) in [5.41, 5.74) is 1.80. The number of aromatic nitrogens is 4. The Morgan fingerprint density at radius 3 is 2.72 bits per heavy atom. The van der Waals surface area contributed by atoms with Gasteiger partial charge in [-0.3, -0.25) is 10.1 Å². The lowest BCUT2D eigenvalue weighted by molar-refractivity contribution is -0.384. The van der Waals surface area contributed by atoms with Crippen LogP contribution in [0.1, 0.15) is 11.4 Å². The number of aryl methyl sites for hydroxylation is 1. The smallest absolute Gasteiger partial charge is 0.311 e. The molecule has 8 heteroatoms. The predicted octanol–water partition coefficient (Wildman–Crippen LogP) is 2.58. The van der Waals surface area contributed by atoms with Crippen LogP contribution in [-0.4, -0.2) is 31.2 Å². The van der Waals surface area contributed by atoms with Crippen molar-refractivity contribution in [1.82, 2.24) is 19.7 Å². The quantitative estimate of drug-likeness (QED) is 0.539. The second kappa shape index (κ2) is 5.97. The van der Waals surface area contributed by atoms with Crippen LogP contribution in [0.25, 0.3) is 11.4 Å². The highest BCUT2D eigenvalue weighted by Crippen LogP contribution is 2.30. The number of nitrogens with zero attached hydrogens (tertiary/aromatic N) is 6. The average Bonchev–Trinajstić information content (AvgIpc) is 3.05. The summed E-state index contributed by atoms with van der Waals surface area (Å²) in [5, 5.41) is 19.9. The molecule has 1 aliphatic heterocycles. The molecule has 0 bridgehead atoms. The van der Waals surface area contributed by atoms with Gasteiger partial charge in [0.25, 0.3) is 0 Å². The van der Waals surface area contributed by atoms with Gasteiger partial charge in [0, 0.05) is 30.9 Å². The van der Waals surface area contributed by atoms with Crippen LogP contribution in [0.2, 0.25) is 0 Å². The molecule has 0 saturated heterocycles. The van der Waals surface area contributed by atoms with Crippen LogP contribution in [0.3, 0.4) is 0 Å². The Bertz CT molecular complexity index is 938. The maximum atomic E-state index is 11.4. The molecule has 1 aromatic carbocycles. The van der Waals surface area contributed by atoms with E-state index in [9.17, 15) is 10.1 Å². The van der Waals surface area contributed by atoms with E-state index in [0.717, 1.165) is 22.8 Å². The van der Waals surface area contributed by atoms with E-state index in [1.165, 1.54) is 0 Å². The van der Waals surface area contributed by atoms with Gasteiger partial charge in [0.1, 0.15) is 0 Å². The van der Waals surface area contributed by atoms with E-state index >= 15 is 0 Å². The Kier molecular flexibility index (Phi) is 3.64. The first-order valence-electron chi connectivity index (χ1n) is 7.97. The molecule has 0 saturated carbocycles. The molecule has 0 spiro atoms. The summed E-state index contributed by atoms with van der Waals surface area (Å²) >= 11 is 0. The minimum absolute atomic E-state index is 0.0243. The van der Waals surface area contributed by atoms with Crippen molar-refractivity contribution in [3.63, 3.8) is 0 Å². The number of hydrogen-bond donors (Lipinski definition) is 0. The molecular formula is C17H16N6O2. The van der Waals surface area contributed by atoms with Gasteiger partial charge in [-0.15, -0.1) is 10.2 Å². The van der Waals surface area contributed by atoms with Gasteiger partial charge in [0.05, 0.1) is 11.5 Å². The molecular weight excluding hydrogens is 320 g/mol. The fourth-order valence-electron chi connectivity index (χ4n) is 3.06. The summed E-state index contributed by atoms with van der Waals surface area (Å²) in [5.74, 6) is 1.98. The van der Waals surface area contributed by atoms with Crippen molar-refractivity contribution in [2.75, 3.05) is 11.4 Å². The third kappa shape index (κ3) is 2.71. The van der Waals surface area contributed by atoms with Crippen LogP contribution in [0.4, 0.5) is 11.5 Å². The first kappa shape index (κ1) is 15.3. The molecule has 3 heterocycles. The van der Waals surface area contributed by atoms with E-state index in [-0.39, 0.29) is 10.6 Å². The number of benzene rings is 1. The molecule has 0 fully saturated rings. The highest BCUT2D eigenvalue weighted by molar-refractivity contribution is 5.60. The molecule has 1 aliphatic rings. The lowest BCUT2D eigenvalue weighted by Crippen LogP contribution is -2.35. The van der Waals surface area contributed by atoms with Crippen LogP contribution in [-0.2, 0) is 13.1 Å². The van der Waals surface area contributed by atoms with Crippen molar-refractivity contribution in [3.8, 4) is 11.4 Å². The monoisotopic (exact) mass is 336 g/mol. The SMILES string of the molecule is Cc1cnc(N2CCn3c(nnc3-c3ccccc3)C2)c([N+](=O)[O-])c1. The second-order valence-corrected chi connectivity index (χ2v) is 5.99. The molecule has 0 atom stereocenters. The molecule has 0 aliphatic carbocycles. The Morgan fingerprint density at radius 1 is 1.16 bits per heavy atom. The Labute approximate surface area is 143 Å². The number of hydrogen-bond acceptors (Lipinski definition) is 6. The normalized spacial score (nSPS) is 13.6. The number of pyridine rings is 1. The Hall–Kier alpha value is -3.29. The van der Waals surface area contributed by atoms with Crippen LogP contribution in [0.5, 0.6) is 0 Å². The molecule has 8 nitrogen and oxygen atoms in total. The van der Waals surface area contributed by atoms with Crippen molar-refractivity contribution in [2.24, 2.45) is 0 Å². The molecule has 0 radical (unpaired) electrons. The van der Waals surface area contributed by atoms with Crippen molar-refractivity contribution in [1.29, 1.82) is 0 Å². The molecule has 0 amide bonds. The first-order valence-corrected chi connectivity index (χ1v) is 7.97. The average molecular weight is 336 g/mol. The summed E-state index contributed by atoms with van der Waals surface area (Å²) in [4.78, 5) is 17.1. The summed E-state index contributed by atoms with van der Waals surface area (Å²) in [6.07, 6.45) is 1.65. The van der Waals surface area contributed by atoms with Crippen LogP contribution in [0.15, 0.2) is 42.6 Å². The lowest BCUT2D eigenvalue weighted by Gasteiger charge is -2.28. The van der Waals surface area contributed by atoms with Crippen molar-refractivity contribution < 1.29 is 4.92 Å². The zero-order valence-electron chi connectivity index (χ0n) is 13.7. The molecule has 126 valence electrons. The van der Waals surface area contributed by atoms with Crippen molar-refractivity contribution >= 4 is 11.5 Å². The summed E-state index contributed by atoms with van der Waals surface area (Å²) in [7, 11) is 0. The third-order valence-corrected chi connectivity index (χ3v) is 4.27. The topological polar surface area (TPSA) is 90.0 Å². The highest BCUT2D eigenvalue weighted by Gasteiger charge is 2.27. The van der Waals surface area contributed by atoms with Crippen LogP contribution < -0.4 is 4.90 Å². The van der Waals surface area contributed by atoms with E-state index in [1.807, 2.05) is 35.2 Å². The minimum Gasteiger partial charge on any atom is -0.342 e. The van der Waals surface area contributed by atoms with Crippen molar-refractivity contribution in [3.05, 3.63) is 64.1 Å². The number of rotatable bonds is 3. The van der Waals surface area contributed by atoms with E-state index in [4.69, 9.17) is 0 Å². The van der Waals surface area contributed by atoms with Gasteiger partial charge in [-0.2, -0.15) is 0 Å². The van der Waals surface area contributed by atoms with Gasteiger partial charge in [-0.1, -0.05) is 30.3 Å². The zero-order chi connectivity index (χ0) is 17.4. The molecule has 0 N–H and O–H groups in total. The molecule has 2 aromatic heterocycles. The van der Waals surface area contributed by atoms with Gasteiger partial charge < -0.3 is 9.47 Å². The fourth-order valence-corrected chi connectivity index (χ4v) is 3.06. The predicted molar refractivity (Wildman–Crippen MR) is 92.1 cm³/mol. The number of anilines is 1. The first-order chi connectivity index (χ1) is 12.1. The van der Waals surface area contributed by atoms with Gasteiger partial charge in [0.2, 0.25) is 5.82 Å². The van der Waals surface area contributed by atoms with Crippen LogP contribution in [0, 0.1) is 17.0 Å². The number of nitro groups is 1. The van der Waals surface area contributed by atoms with Gasteiger partial charge in [-0.25, -0.2) is 4.98 Å². The van der Waals surface area contributed by atoms with Crippen molar-refractivity contribution in [2.45, 2.75) is 20.0 Å². The van der Waals surface area contributed by atoms with Gasteiger partial charge >= 0.3 is 5.69 Å². The van der Waals surface area contributed by atoms with Gasteiger partial charge in [-0.05, 0) is 12.5 Å². The summed E-state index contributed by atoms with van der Waals surface area (Å²) < 4.78 is 2.06. The molecule has 25 heavy (non-hydrogen) atoms. The van der Waals surface area contributed by atoms with E-state index in [1.54, 1.807) is 19.2 Å². The Morgan fingerprint density at radius 2 is 1.96 bits per heavy atom. The van der Waals surface area contributed by atoms with E-state index < -0.39 is 0 Å². The molecule has 3 aromatic rings. The minimum atomic E-state index is -0.385. The second-order valence-electron chi connectivity index (χ2n) is 5.99. The largest absolute Gasteiger partial charge is 0.342 e.